The van der Waals surface area contributed by atoms with Gasteiger partial charge in [0.05, 0.1) is 11.3 Å². The van der Waals surface area contributed by atoms with Gasteiger partial charge in [0.25, 0.3) is 5.91 Å². The Kier molecular flexibility index (Phi) is 8.01. The Labute approximate surface area is 183 Å². The van der Waals surface area contributed by atoms with E-state index in [0.717, 1.165) is 6.07 Å². The number of nitrogens with one attached hydrogen (secondary N) is 1. The molecule has 0 aliphatic heterocycles. The Morgan fingerprint density at radius 1 is 1.22 bits per heavy atom. The monoisotopic (exact) mass is 449 g/mol. The van der Waals surface area contributed by atoms with Crippen LogP contribution in [-0.4, -0.2) is 39.3 Å². The van der Waals surface area contributed by atoms with Crippen LogP contribution in [0.4, 0.5) is 17.6 Å². The highest BCUT2D eigenvalue weighted by Gasteiger charge is 2.36. The van der Waals surface area contributed by atoms with Crippen LogP contribution < -0.4 is 10.8 Å². The van der Waals surface area contributed by atoms with Gasteiger partial charge in [-0.2, -0.15) is 13.2 Å². The molecule has 0 heterocycles. The summed E-state index contributed by atoms with van der Waals surface area (Å²) >= 11 is 0. The molecule has 0 unspecified atom stereocenters. The lowest BCUT2D eigenvalue weighted by Gasteiger charge is -2.15. The molecule has 0 saturated heterocycles. The molecule has 0 atom stereocenters. The molecule has 2 aromatic carbocycles. The minimum atomic E-state index is -4.84. The van der Waals surface area contributed by atoms with E-state index in [9.17, 15) is 22.4 Å². The summed E-state index contributed by atoms with van der Waals surface area (Å²) in [5.74, 6) is -1.69. The maximum absolute atomic E-state index is 14.3. The molecule has 2 radical (unpaired) electrons. The van der Waals surface area contributed by atoms with Crippen molar-refractivity contribution in [3.05, 3.63) is 64.0 Å². The quantitative estimate of drug-likeness (QED) is 0.306. The zero-order valence-electron chi connectivity index (χ0n) is 17.8. The summed E-state index contributed by atoms with van der Waals surface area (Å²) in [5, 5.41) is 9.86. The van der Waals surface area contributed by atoms with E-state index in [1.165, 1.54) is 21.1 Å². The van der Waals surface area contributed by atoms with Gasteiger partial charge in [-0.25, -0.2) is 4.39 Å². The third-order valence-corrected chi connectivity index (χ3v) is 4.48. The van der Waals surface area contributed by atoms with Gasteiger partial charge in [0.15, 0.2) is 5.71 Å². The minimum Gasteiger partial charge on any atom is -0.398 e. The van der Waals surface area contributed by atoms with Crippen molar-refractivity contribution in [3.63, 3.8) is 0 Å². The maximum Gasteiger partial charge on any atom is 0.417 e. The normalized spacial score (nSPS) is 12.5. The van der Waals surface area contributed by atoms with Crippen LogP contribution in [0.3, 0.4) is 0 Å². The van der Waals surface area contributed by atoms with Gasteiger partial charge in [0.1, 0.15) is 27.4 Å². The molecular weight excluding hydrogens is 429 g/mol. The number of aryl methyl sites for hydroxylation is 1. The second-order valence-corrected chi connectivity index (χ2v) is 6.68. The van der Waals surface area contributed by atoms with E-state index in [0.29, 0.717) is 22.8 Å². The molecule has 11 heteroatoms. The number of carbonyl (C=O) groups is 1. The highest BCUT2D eigenvalue weighted by Crippen LogP contribution is 2.33. The summed E-state index contributed by atoms with van der Waals surface area (Å²) in [6, 6.07) is 6.45. The predicted molar refractivity (Wildman–Crippen MR) is 113 cm³/mol. The minimum absolute atomic E-state index is 0.0260. The van der Waals surface area contributed by atoms with Gasteiger partial charge >= 0.3 is 6.18 Å². The van der Waals surface area contributed by atoms with Crippen LogP contribution >= 0.6 is 0 Å². The number of amides is 1. The van der Waals surface area contributed by atoms with Crippen LogP contribution in [0.15, 0.2) is 40.6 Å². The van der Waals surface area contributed by atoms with Crippen molar-refractivity contribution in [1.29, 1.82) is 0 Å². The third-order valence-electron chi connectivity index (χ3n) is 4.48. The van der Waals surface area contributed by atoms with Gasteiger partial charge in [-0.05, 0) is 25.5 Å². The molecule has 2 aromatic rings. The fraction of sp³-hybridized carbons (Fsp3) is 0.286. The lowest BCUT2D eigenvalue weighted by atomic mass is 9.90. The van der Waals surface area contributed by atoms with E-state index in [1.54, 1.807) is 25.1 Å². The number of hydrogen-bond acceptors (Lipinski definition) is 5. The van der Waals surface area contributed by atoms with Crippen LogP contribution in [0, 0.1) is 12.7 Å². The van der Waals surface area contributed by atoms with Gasteiger partial charge in [-0.3, -0.25) is 4.79 Å². The molecule has 0 fully saturated rings. The van der Waals surface area contributed by atoms with Crippen molar-refractivity contribution in [2.75, 3.05) is 14.2 Å². The number of alkyl halides is 3. The summed E-state index contributed by atoms with van der Waals surface area (Å²) < 4.78 is 54.4. The number of halogens is 4. The number of likely N-dealkylation sites (N-methyl/N-ethyl adjacent to an activating group) is 1. The average Bonchev–Trinajstić information content (AvgIpc) is 2.71. The fourth-order valence-corrected chi connectivity index (χ4v) is 3.00. The molecule has 0 aromatic heterocycles. The van der Waals surface area contributed by atoms with Crippen molar-refractivity contribution in [2.45, 2.75) is 26.6 Å². The van der Waals surface area contributed by atoms with Gasteiger partial charge in [-0.15, -0.1) is 0 Å². The highest BCUT2D eigenvalue weighted by atomic mass is 19.4. The first-order chi connectivity index (χ1) is 15.0. The third kappa shape index (κ3) is 5.65. The molecule has 0 aliphatic rings. The number of nitrogens with zero attached hydrogens (tertiary/aromatic N) is 2. The van der Waals surface area contributed by atoms with E-state index >= 15 is 0 Å². The highest BCUT2D eigenvalue weighted by molar-refractivity contribution is 6.45. The van der Waals surface area contributed by atoms with Crippen molar-refractivity contribution in [2.24, 2.45) is 10.3 Å². The van der Waals surface area contributed by atoms with Gasteiger partial charge < -0.3 is 15.0 Å². The van der Waals surface area contributed by atoms with Crippen LogP contribution in [0.2, 0.25) is 0 Å². The van der Waals surface area contributed by atoms with E-state index in [1.807, 2.05) is 0 Å². The van der Waals surface area contributed by atoms with Gasteiger partial charge in [-0.1, -0.05) is 40.0 Å². The van der Waals surface area contributed by atoms with Crippen LogP contribution in [0.25, 0.3) is 0 Å². The Hall–Kier alpha value is -3.37. The Bertz CT molecular complexity index is 1070. The smallest absolute Gasteiger partial charge is 0.398 e. The standard InChI is InChI=1S/C21H20BF4N3O3/c1-11-6-5-7-14(19(29-31-4)20(30)27-3)15(11)10-32-28-12(2)18-16(21(24,25)26)8-13(22)9-17(18)23/h5-9H,10H2,1-4H3,(H,27,30)/b28-12+,29-19+. The summed E-state index contributed by atoms with van der Waals surface area (Å²) in [4.78, 5) is 22.2. The fourth-order valence-electron chi connectivity index (χ4n) is 3.00. The number of benzene rings is 2. The van der Waals surface area contributed by atoms with Crippen molar-refractivity contribution in [1.82, 2.24) is 5.32 Å². The molecule has 0 bridgehead atoms. The summed E-state index contributed by atoms with van der Waals surface area (Å²) in [5.41, 5.74) is -1.15. The average molecular weight is 449 g/mol. The van der Waals surface area contributed by atoms with E-state index < -0.39 is 29.0 Å². The first-order valence-electron chi connectivity index (χ1n) is 9.26. The zero-order valence-corrected chi connectivity index (χ0v) is 17.8. The predicted octanol–water partition coefficient (Wildman–Crippen LogP) is 2.98. The van der Waals surface area contributed by atoms with E-state index in [4.69, 9.17) is 17.5 Å². The molecule has 0 spiro atoms. The Balaban J connectivity index is 2.41. The topological polar surface area (TPSA) is 72.3 Å². The SMILES string of the molecule is [B]c1cc(F)c(/C(C)=N/OCc2c(C)cccc2/C(=N\OC)C(=O)NC)c(C(F)(F)F)c1. The molecule has 1 amide bonds. The van der Waals surface area contributed by atoms with Crippen molar-refractivity contribution >= 4 is 30.6 Å². The molecule has 1 N–H and O–H groups in total. The maximum atomic E-state index is 14.3. The number of carbonyl (C=O) groups excluding carboxylic acids is 1. The van der Waals surface area contributed by atoms with Gasteiger partial charge in [0.2, 0.25) is 0 Å². The molecule has 168 valence electrons. The van der Waals surface area contributed by atoms with Crippen LogP contribution in [0.5, 0.6) is 0 Å². The first-order valence-corrected chi connectivity index (χ1v) is 9.26. The van der Waals surface area contributed by atoms with Crippen LogP contribution in [-0.2, 0) is 27.3 Å². The summed E-state index contributed by atoms with van der Waals surface area (Å²) in [6.07, 6.45) is -4.84. The van der Waals surface area contributed by atoms with Crippen molar-refractivity contribution in [3.8, 4) is 0 Å². The Morgan fingerprint density at radius 3 is 2.50 bits per heavy atom. The van der Waals surface area contributed by atoms with E-state index in [2.05, 4.69) is 15.6 Å². The van der Waals surface area contributed by atoms with Crippen molar-refractivity contribution < 1.29 is 32.0 Å². The lowest BCUT2D eigenvalue weighted by molar-refractivity contribution is -0.137. The molecule has 0 saturated carbocycles. The second kappa shape index (κ2) is 10.3. The summed E-state index contributed by atoms with van der Waals surface area (Å²) in [7, 11) is 8.06. The summed E-state index contributed by atoms with van der Waals surface area (Å²) in [6.45, 7) is 2.70. The second-order valence-electron chi connectivity index (χ2n) is 6.68. The number of rotatable bonds is 7. The van der Waals surface area contributed by atoms with E-state index in [-0.39, 0.29) is 23.5 Å². The first kappa shape index (κ1) is 24.9. The largest absolute Gasteiger partial charge is 0.417 e. The van der Waals surface area contributed by atoms with Gasteiger partial charge in [0, 0.05) is 23.7 Å². The number of oxime groups is 2. The molecule has 6 nitrogen and oxygen atoms in total. The molecule has 32 heavy (non-hydrogen) atoms. The number of hydrogen-bond donors (Lipinski definition) is 1. The zero-order chi connectivity index (χ0) is 24.1. The molecule has 2 rings (SSSR count). The van der Waals surface area contributed by atoms with Crippen LogP contribution in [0.1, 0.15) is 34.7 Å². The molecule has 0 aliphatic carbocycles. The molecular formula is C21H20BF4N3O3. The Morgan fingerprint density at radius 2 is 1.91 bits per heavy atom. The lowest BCUT2D eigenvalue weighted by Crippen LogP contribution is -2.29.